The molecule has 1 heteroatoms. The van der Waals surface area contributed by atoms with Crippen molar-refractivity contribution in [3.8, 4) is 0 Å². The minimum Gasteiger partial charge on any atom is -0.289 e. The number of Topliss-reactive ketones (excluding diaryl/α,β-unsaturated/α-hetero) is 1. The maximum Gasteiger partial charge on any atom is 0.193 e. The number of fused-ring (bicyclic) bond motifs is 1. The van der Waals surface area contributed by atoms with Crippen LogP contribution in [0.15, 0.2) is 54.6 Å². The van der Waals surface area contributed by atoms with Crippen LogP contribution in [-0.2, 0) is 0 Å². The van der Waals surface area contributed by atoms with Crippen molar-refractivity contribution in [1.29, 1.82) is 0 Å². The van der Waals surface area contributed by atoms with Crippen LogP contribution in [0.2, 0.25) is 0 Å². The van der Waals surface area contributed by atoms with Crippen LogP contribution in [0.1, 0.15) is 22.8 Å². The Morgan fingerprint density at radius 3 is 2.40 bits per heavy atom. The first kappa shape index (κ1) is 9.66. The van der Waals surface area contributed by atoms with Gasteiger partial charge in [-0.25, -0.2) is 0 Å². The summed E-state index contributed by atoms with van der Waals surface area (Å²) in [5.41, 5.74) is 3.55. The molecule has 0 unspecified atom stereocenters. The lowest BCUT2D eigenvalue weighted by molar-refractivity contribution is 0.104. The SMILES string of the molecule is C=CC=C1/C(=C\C)C(=O)c2ccccc21. The van der Waals surface area contributed by atoms with Gasteiger partial charge in [0.2, 0.25) is 0 Å². The normalized spacial score (nSPS) is 19.7. The van der Waals surface area contributed by atoms with E-state index in [1.165, 1.54) is 0 Å². The lowest BCUT2D eigenvalue weighted by atomic mass is 10.0. The topological polar surface area (TPSA) is 17.1 Å². The Kier molecular flexibility index (Phi) is 2.38. The Bertz CT molecular complexity index is 490. The summed E-state index contributed by atoms with van der Waals surface area (Å²) in [6.07, 6.45) is 5.46. The smallest absolute Gasteiger partial charge is 0.193 e. The van der Waals surface area contributed by atoms with Gasteiger partial charge in [-0.1, -0.05) is 49.1 Å². The molecule has 0 fully saturated rings. The second-order valence-electron chi connectivity index (χ2n) is 3.39. The van der Waals surface area contributed by atoms with E-state index in [4.69, 9.17) is 0 Å². The van der Waals surface area contributed by atoms with Crippen molar-refractivity contribution in [2.75, 3.05) is 0 Å². The number of carbonyl (C=O) groups is 1. The lowest BCUT2D eigenvalue weighted by Gasteiger charge is -1.98. The first-order valence-electron chi connectivity index (χ1n) is 4.93. The second kappa shape index (κ2) is 3.70. The molecule has 1 aliphatic rings. The van der Waals surface area contributed by atoms with Crippen LogP contribution in [0, 0.1) is 0 Å². The molecule has 0 heterocycles. The van der Waals surface area contributed by atoms with E-state index in [1.807, 2.05) is 43.3 Å². The molecule has 0 saturated carbocycles. The molecule has 0 bridgehead atoms. The van der Waals surface area contributed by atoms with Crippen LogP contribution in [0.3, 0.4) is 0 Å². The monoisotopic (exact) mass is 196 g/mol. The summed E-state index contributed by atoms with van der Waals surface area (Å²) in [6.45, 7) is 5.56. The fourth-order valence-electron chi connectivity index (χ4n) is 1.91. The number of hydrogen-bond donors (Lipinski definition) is 0. The van der Waals surface area contributed by atoms with Gasteiger partial charge in [0.25, 0.3) is 0 Å². The minimum absolute atomic E-state index is 0.112. The van der Waals surface area contributed by atoms with Crippen LogP contribution in [0.4, 0.5) is 0 Å². The molecular weight excluding hydrogens is 184 g/mol. The zero-order valence-corrected chi connectivity index (χ0v) is 8.66. The predicted octanol–water partition coefficient (Wildman–Crippen LogP) is 3.40. The van der Waals surface area contributed by atoms with Gasteiger partial charge in [-0.05, 0) is 18.1 Å². The molecule has 1 aromatic carbocycles. The number of ketones is 1. The highest BCUT2D eigenvalue weighted by atomic mass is 16.1. The molecule has 0 N–H and O–H groups in total. The van der Waals surface area contributed by atoms with Crippen LogP contribution in [0.5, 0.6) is 0 Å². The third kappa shape index (κ3) is 1.37. The Labute approximate surface area is 89.4 Å². The van der Waals surface area contributed by atoms with Gasteiger partial charge in [0.1, 0.15) is 0 Å². The minimum atomic E-state index is 0.112. The maximum atomic E-state index is 12.0. The van der Waals surface area contributed by atoms with Crippen LogP contribution in [-0.4, -0.2) is 5.78 Å². The lowest BCUT2D eigenvalue weighted by Crippen LogP contribution is -1.93. The molecule has 0 amide bonds. The molecule has 0 aliphatic heterocycles. The molecule has 0 atom stereocenters. The molecular formula is C14H12O. The van der Waals surface area contributed by atoms with Gasteiger partial charge >= 0.3 is 0 Å². The quantitative estimate of drug-likeness (QED) is 0.629. The number of hydrogen-bond acceptors (Lipinski definition) is 1. The van der Waals surface area contributed by atoms with Crippen LogP contribution < -0.4 is 0 Å². The summed E-state index contributed by atoms with van der Waals surface area (Å²) in [7, 11) is 0. The number of rotatable bonds is 1. The summed E-state index contributed by atoms with van der Waals surface area (Å²) in [4.78, 5) is 12.0. The van der Waals surface area contributed by atoms with E-state index in [0.717, 1.165) is 22.3 Å². The zero-order valence-electron chi connectivity index (χ0n) is 8.66. The fourth-order valence-corrected chi connectivity index (χ4v) is 1.91. The van der Waals surface area contributed by atoms with E-state index in [1.54, 1.807) is 6.08 Å². The first-order valence-corrected chi connectivity index (χ1v) is 4.93. The van der Waals surface area contributed by atoms with E-state index in [-0.39, 0.29) is 5.78 Å². The van der Waals surface area contributed by atoms with E-state index >= 15 is 0 Å². The molecule has 1 aromatic rings. The zero-order chi connectivity index (χ0) is 10.8. The fraction of sp³-hybridized carbons (Fsp3) is 0.0714. The van der Waals surface area contributed by atoms with E-state index < -0.39 is 0 Å². The summed E-state index contributed by atoms with van der Waals surface area (Å²) in [5, 5.41) is 0. The Hall–Kier alpha value is -1.89. The van der Waals surface area contributed by atoms with E-state index in [9.17, 15) is 4.79 Å². The summed E-state index contributed by atoms with van der Waals surface area (Å²) < 4.78 is 0. The van der Waals surface area contributed by atoms with Crippen molar-refractivity contribution in [3.05, 3.63) is 65.8 Å². The highest BCUT2D eigenvalue weighted by Gasteiger charge is 2.27. The molecule has 2 rings (SSSR count). The second-order valence-corrected chi connectivity index (χ2v) is 3.39. The van der Waals surface area contributed by atoms with Gasteiger partial charge in [0.05, 0.1) is 0 Å². The van der Waals surface area contributed by atoms with Crippen molar-refractivity contribution in [2.24, 2.45) is 0 Å². The van der Waals surface area contributed by atoms with Gasteiger partial charge in [-0.15, -0.1) is 0 Å². The van der Waals surface area contributed by atoms with Gasteiger partial charge in [0.15, 0.2) is 5.78 Å². The van der Waals surface area contributed by atoms with Crippen LogP contribution >= 0.6 is 0 Å². The molecule has 0 radical (unpaired) electrons. The number of allylic oxidation sites excluding steroid dienone is 5. The van der Waals surface area contributed by atoms with Crippen molar-refractivity contribution in [3.63, 3.8) is 0 Å². The van der Waals surface area contributed by atoms with Gasteiger partial charge < -0.3 is 0 Å². The van der Waals surface area contributed by atoms with Gasteiger partial charge in [-0.2, -0.15) is 0 Å². The number of carbonyl (C=O) groups excluding carboxylic acids is 1. The van der Waals surface area contributed by atoms with Crippen molar-refractivity contribution < 1.29 is 4.79 Å². The third-order valence-electron chi connectivity index (χ3n) is 2.57. The van der Waals surface area contributed by atoms with Crippen molar-refractivity contribution in [2.45, 2.75) is 6.92 Å². The molecule has 15 heavy (non-hydrogen) atoms. The summed E-state index contributed by atoms with van der Waals surface area (Å²) >= 11 is 0. The Balaban J connectivity index is 2.72. The van der Waals surface area contributed by atoms with E-state index in [2.05, 4.69) is 6.58 Å². The predicted molar refractivity (Wildman–Crippen MR) is 62.7 cm³/mol. The van der Waals surface area contributed by atoms with Gasteiger partial charge in [0, 0.05) is 11.1 Å². The highest BCUT2D eigenvalue weighted by molar-refractivity contribution is 6.26. The molecule has 0 saturated heterocycles. The molecule has 1 aliphatic carbocycles. The number of benzene rings is 1. The largest absolute Gasteiger partial charge is 0.289 e. The Morgan fingerprint density at radius 2 is 1.80 bits per heavy atom. The van der Waals surface area contributed by atoms with Crippen molar-refractivity contribution >= 4 is 11.4 Å². The highest BCUT2D eigenvalue weighted by Crippen LogP contribution is 2.36. The standard InChI is InChI=1S/C14H12O/c1-3-7-11-10(4-2)14(15)13-9-6-5-8-12(11)13/h3-9H,1H2,2H3/b10-4+,11-7?. The average molecular weight is 196 g/mol. The van der Waals surface area contributed by atoms with Gasteiger partial charge in [-0.3, -0.25) is 4.79 Å². The third-order valence-corrected chi connectivity index (χ3v) is 2.57. The maximum absolute atomic E-state index is 12.0. The van der Waals surface area contributed by atoms with Crippen molar-refractivity contribution in [1.82, 2.24) is 0 Å². The first-order chi connectivity index (χ1) is 7.29. The molecule has 1 nitrogen and oxygen atoms in total. The average Bonchev–Trinajstić information content (AvgIpc) is 2.54. The van der Waals surface area contributed by atoms with E-state index in [0.29, 0.717) is 0 Å². The summed E-state index contributed by atoms with van der Waals surface area (Å²) in [5.74, 6) is 0.112. The molecule has 0 spiro atoms. The molecule has 74 valence electrons. The molecule has 0 aromatic heterocycles. The summed E-state index contributed by atoms with van der Waals surface area (Å²) in [6, 6.07) is 7.67. The Morgan fingerprint density at radius 1 is 1.13 bits per heavy atom. The van der Waals surface area contributed by atoms with Crippen LogP contribution in [0.25, 0.3) is 5.57 Å².